The number of methoxy groups -OCH3 is 1. The lowest BCUT2D eigenvalue weighted by atomic mass is 9.67. The zero-order chi connectivity index (χ0) is 23.0. The molecule has 0 bridgehead atoms. The minimum absolute atomic E-state index is 0.0177. The number of hydrogen-bond acceptors (Lipinski definition) is 6. The predicted molar refractivity (Wildman–Crippen MR) is 122 cm³/mol. The Balaban J connectivity index is 1.78. The number of ether oxygens (including phenoxy) is 2. The molecule has 0 radical (unpaired) electrons. The van der Waals surface area contributed by atoms with Crippen molar-refractivity contribution >= 4 is 17.5 Å². The molecule has 1 fully saturated rings. The lowest BCUT2D eigenvalue weighted by Gasteiger charge is -2.39. The number of benzene rings is 1. The molecule has 1 N–H and O–H groups in total. The van der Waals surface area contributed by atoms with Crippen LogP contribution in [-0.2, 0) is 14.3 Å². The van der Waals surface area contributed by atoms with Crippen LogP contribution in [0.25, 0.3) is 0 Å². The van der Waals surface area contributed by atoms with Gasteiger partial charge in [-0.2, -0.15) is 0 Å². The highest BCUT2D eigenvalue weighted by atomic mass is 16.5. The maximum atomic E-state index is 13.5. The van der Waals surface area contributed by atoms with Crippen molar-refractivity contribution in [3.63, 3.8) is 0 Å². The monoisotopic (exact) mass is 439 g/mol. The number of carbonyl (C=O) groups excluding carboxylic acids is 2. The Hall–Kier alpha value is -2.63. The number of esters is 1. The number of allylic oxidation sites excluding steroid dienone is 2. The maximum Gasteiger partial charge on any atom is 0.315 e. The van der Waals surface area contributed by atoms with Gasteiger partial charge in [0.2, 0.25) is 0 Å². The first-order chi connectivity index (χ1) is 15.2. The van der Waals surface area contributed by atoms with E-state index in [9.17, 15) is 14.7 Å². The van der Waals surface area contributed by atoms with E-state index >= 15 is 0 Å². The first kappa shape index (κ1) is 22.6. The summed E-state index contributed by atoms with van der Waals surface area (Å²) in [4.78, 5) is 31.6. The number of hydrogen-bond donors (Lipinski definition) is 1. The average Bonchev–Trinajstić information content (AvgIpc) is 2.72. The number of aromatic hydroxyl groups is 1. The Labute approximate surface area is 189 Å². The number of rotatable bonds is 4. The molecule has 0 saturated heterocycles. The summed E-state index contributed by atoms with van der Waals surface area (Å²) in [6.45, 7) is 6.00. The van der Waals surface area contributed by atoms with E-state index in [4.69, 9.17) is 14.5 Å². The Bertz CT molecular complexity index is 984. The van der Waals surface area contributed by atoms with Gasteiger partial charge >= 0.3 is 5.97 Å². The molecule has 172 valence electrons. The first-order valence-corrected chi connectivity index (χ1v) is 11.6. The fraction of sp³-hybridized carbons (Fsp3) is 0.577. The smallest absolute Gasteiger partial charge is 0.315 e. The van der Waals surface area contributed by atoms with Crippen LogP contribution in [0.5, 0.6) is 11.5 Å². The molecule has 32 heavy (non-hydrogen) atoms. The SMILES string of the molecule is COc1cc([C@@H]2C3=C(CC(C)(C)CC3=O)N=C(C)C2C(=O)OC2CCCCC2)ccc1O. The largest absolute Gasteiger partial charge is 0.504 e. The van der Waals surface area contributed by atoms with Crippen molar-refractivity contribution in [2.75, 3.05) is 7.11 Å². The summed E-state index contributed by atoms with van der Waals surface area (Å²) < 4.78 is 11.3. The van der Waals surface area contributed by atoms with Gasteiger partial charge in [0.15, 0.2) is 17.3 Å². The molecule has 6 heteroatoms. The van der Waals surface area contributed by atoms with E-state index in [1.807, 2.05) is 6.92 Å². The van der Waals surface area contributed by atoms with Gasteiger partial charge in [-0.15, -0.1) is 0 Å². The van der Waals surface area contributed by atoms with Crippen LogP contribution in [0.2, 0.25) is 0 Å². The number of ketones is 1. The van der Waals surface area contributed by atoms with Gasteiger partial charge in [0.1, 0.15) is 12.0 Å². The van der Waals surface area contributed by atoms with E-state index < -0.39 is 11.8 Å². The fourth-order valence-electron chi connectivity index (χ4n) is 5.42. The zero-order valence-corrected chi connectivity index (χ0v) is 19.4. The van der Waals surface area contributed by atoms with Crippen molar-refractivity contribution in [1.82, 2.24) is 0 Å². The van der Waals surface area contributed by atoms with E-state index in [0.717, 1.165) is 36.9 Å². The molecule has 1 unspecified atom stereocenters. The first-order valence-electron chi connectivity index (χ1n) is 11.6. The third-order valence-corrected chi connectivity index (χ3v) is 6.95. The number of carbonyl (C=O) groups is 2. The van der Waals surface area contributed by atoms with Gasteiger partial charge in [-0.25, -0.2) is 0 Å². The second-order valence-corrected chi connectivity index (χ2v) is 10.1. The second kappa shape index (κ2) is 8.72. The van der Waals surface area contributed by atoms with Crippen molar-refractivity contribution in [3.8, 4) is 11.5 Å². The quantitative estimate of drug-likeness (QED) is 0.660. The number of phenolic OH excluding ortho intramolecular Hbond substituents is 1. The second-order valence-electron chi connectivity index (χ2n) is 10.1. The van der Waals surface area contributed by atoms with E-state index in [1.54, 1.807) is 18.2 Å². The third-order valence-electron chi connectivity index (χ3n) is 6.95. The molecule has 1 aliphatic heterocycles. The molecule has 1 heterocycles. The summed E-state index contributed by atoms with van der Waals surface area (Å²) in [5, 5.41) is 10.1. The van der Waals surface area contributed by atoms with Crippen molar-refractivity contribution in [2.24, 2.45) is 16.3 Å². The van der Waals surface area contributed by atoms with Crippen LogP contribution in [0, 0.1) is 11.3 Å². The highest BCUT2D eigenvalue weighted by Gasteiger charge is 2.46. The summed E-state index contributed by atoms with van der Waals surface area (Å²) in [6, 6.07) is 5.03. The van der Waals surface area contributed by atoms with Gasteiger partial charge < -0.3 is 14.6 Å². The molecule has 2 atom stereocenters. The minimum atomic E-state index is -0.671. The topological polar surface area (TPSA) is 85.2 Å². The summed E-state index contributed by atoms with van der Waals surface area (Å²) in [6.07, 6.45) is 6.09. The van der Waals surface area contributed by atoms with Crippen LogP contribution in [-0.4, -0.2) is 35.8 Å². The van der Waals surface area contributed by atoms with Gasteiger partial charge in [0.05, 0.1) is 7.11 Å². The maximum absolute atomic E-state index is 13.5. The number of phenols is 1. The van der Waals surface area contributed by atoms with Crippen LogP contribution in [0.15, 0.2) is 34.5 Å². The third kappa shape index (κ3) is 4.32. The van der Waals surface area contributed by atoms with Crippen LogP contribution in [0.3, 0.4) is 0 Å². The van der Waals surface area contributed by atoms with Gasteiger partial charge in [0, 0.05) is 29.3 Å². The van der Waals surface area contributed by atoms with E-state index in [1.165, 1.54) is 13.5 Å². The van der Waals surface area contributed by atoms with Crippen LogP contribution in [0.1, 0.15) is 77.2 Å². The Morgan fingerprint density at radius 1 is 1.16 bits per heavy atom. The molecule has 3 aliphatic rings. The molecule has 4 rings (SSSR count). The standard InChI is InChI=1S/C26H33NO5/c1-15-22(25(30)32-17-8-6-5-7-9-17)23(16-10-11-19(28)21(12-16)31-4)24-18(27-15)13-26(2,3)14-20(24)29/h10-12,17,22-23,28H,5-9,13-14H2,1-4H3/t22?,23-/m0/s1. The number of nitrogens with zero attached hydrogens (tertiary/aromatic N) is 1. The van der Waals surface area contributed by atoms with Gasteiger partial charge in [-0.3, -0.25) is 14.6 Å². The predicted octanol–water partition coefficient (Wildman–Crippen LogP) is 5.09. The van der Waals surface area contributed by atoms with Crippen molar-refractivity contribution in [2.45, 2.75) is 77.7 Å². The number of aliphatic imine (C=N–C) groups is 1. The summed E-state index contributed by atoms with van der Waals surface area (Å²) >= 11 is 0. The van der Waals surface area contributed by atoms with Gasteiger partial charge in [-0.05, 0) is 62.1 Å². The molecule has 1 aromatic carbocycles. The molecule has 2 aliphatic carbocycles. The van der Waals surface area contributed by atoms with Crippen molar-refractivity contribution in [1.29, 1.82) is 0 Å². The molecule has 1 aromatic rings. The zero-order valence-electron chi connectivity index (χ0n) is 19.4. The van der Waals surface area contributed by atoms with E-state index in [-0.39, 0.29) is 29.0 Å². The minimum Gasteiger partial charge on any atom is -0.504 e. The lowest BCUT2D eigenvalue weighted by molar-refractivity contribution is -0.153. The summed E-state index contributed by atoms with van der Waals surface area (Å²) in [5.74, 6) is -1.14. The lowest BCUT2D eigenvalue weighted by Crippen LogP contribution is -2.40. The molecule has 0 amide bonds. The summed E-state index contributed by atoms with van der Waals surface area (Å²) in [7, 11) is 1.49. The molecule has 0 spiro atoms. The number of Topliss-reactive ketones (excluding diaryl/α,β-unsaturated/α-hetero) is 1. The normalized spacial score (nSPS) is 25.8. The van der Waals surface area contributed by atoms with Crippen LogP contribution >= 0.6 is 0 Å². The Morgan fingerprint density at radius 3 is 2.56 bits per heavy atom. The highest BCUT2D eigenvalue weighted by Crippen LogP contribution is 2.49. The van der Waals surface area contributed by atoms with Crippen LogP contribution in [0.4, 0.5) is 0 Å². The van der Waals surface area contributed by atoms with Crippen molar-refractivity contribution in [3.05, 3.63) is 35.0 Å². The summed E-state index contributed by atoms with van der Waals surface area (Å²) in [5.41, 5.74) is 2.62. The van der Waals surface area contributed by atoms with E-state index in [0.29, 0.717) is 29.9 Å². The molecule has 0 aromatic heterocycles. The van der Waals surface area contributed by atoms with Gasteiger partial charge in [-0.1, -0.05) is 26.3 Å². The molecule has 6 nitrogen and oxygen atoms in total. The fourth-order valence-corrected chi connectivity index (χ4v) is 5.42. The van der Waals surface area contributed by atoms with Crippen LogP contribution < -0.4 is 4.74 Å². The Kier molecular flexibility index (Phi) is 6.15. The van der Waals surface area contributed by atoms with E-state index in [2.05, 4.69) is 13.8 Å². The molecular formula is C26H33NO5. The van der Waals surface area contributed by atoms with Gasteiger partial charge in [0.25, 0.3) is 0 Å². The highest BCUT2D eigenvalue weighted by molar-refractivity contribution is 6.09. The Morgan fingerprint density at radius 2 is 1.88 bits per heavy atom. The molecule has 1 saturated carbocycles. The average molecular weight is 440 g/mol. The van der Waals surface area contributed by atoms with Crippen molar-refractivity contribution < 1.29 is 24.2 Å². The molecular weight excluding hydrogens is 406 g/mol.